The van der Waals surface area contributed by atoms with E-state index in [1.54, 1.807) is 0 Å². The maximum absolute atomic E-state index is 13.4. The third-order valence-electron chi connectivity index (χ3n) is 5.03. The van der Waals surface area contributed by atoms with Gasteiger partial charge in [0.2, 0.25) is 15.9 Å². The van der Waals surface area contributed by atoms with Crippen molar-refractivity contribution in [1.29, 1.82) is 0 Å². The Bertz CT molecular complexity index is 1230. The molecule has 4 rings (SSSR count). The van der Waals surface area contributed by atoms with E-state index in [-0.39, 0.29) is 10.7 Å². The van der Waals surface area contributed by atoms with Gasteiger partial charge in [-0.1, -0.05) is 35.9 Å². The van der Waals surface area contributed by atoms with E-state index in [0.717, 1.165) is 40.2 Å². The minimum atomic E-state index is -3.79. The van der Waals surface area contributed by atoms with Crippen LogP contribution in [0.5, 0.6) is 0 Å². The topological polar surface area (TPSA) is 66.5 Å². The average molecular weight is 433 g/mol. The molecule has 1 aliphatic carbocycles. The maximum atomic E-state index is 13.4. The van der Waals surface area contributed by atoms with Crippen molar-refractivity contribution >= 4 is 49.7 Å². The fraction of sp³-hybridized carbons (Fsp3) is 0.190. The monoisotopic (exact) mass is 432 g/mol. The van der Waals surface area contributed by atoms with E-state index < -0.39 is 28.3 Å². The van der Waals surface area contributed by atoms with Crippen LogP contribution < -0.4 is 9.62 Å². The second kappa shape index (κ2) is 7.31. The van der Waals surface area contributed by atoms with Crippen LogP contribution >= 0.6 is 11.6 Å². The molecule has 0 spiro atoms. The van der Waals surface area contributed by atoms with Gasteiger partial charge in [-0.05, 0) is 53.6 Å². The highest BCUT2D eigenvalue weighted by Crippen LogP contribution is 2.35. The molecule has 0 saturated carbocycles. The average Bonchev–Trinajstić information content (AvgIpc) is 3.08. The van der Waals surface area contributed by atoms with Crippen molar-refractivity contribution in [2.24, 2.45) is 0 Å². The molecule has 0 heterocycles. The van der Waals surface area contributed by atoms with Gasteiger partial charge in [-0.15, -0.1) is 0 Å². The molecule has 8 heteroatoms. The number of carbonyl (C=O) groups excluding carboxylic acids is 1. The smallest absolute Gasteiger partial charge is 0.245 e. The number of aryl methyl sites for hydroxylation is 2. The zero-order chi connectivity index (χ0) is 20.8. The molecular weight excluding hydrogens is 415 g/mol. The van der Waals surface area contributed by atoms with Gasteiger partial charge in [0, 0.05) is 11.1 Å². The van der Waals surface area contributed by atoms with Crippen molar-refractivity contribution in [3.05, 3.63) is 70.5 Å². The van der Waals surface area contributed by atoms with E-state index in [4.69, 9.17) is 11.6 Å². The minimum Gasteiger partial charge on any atom is -0.324 e. The molecule has 1 N–H and O–H groups in total. The third kappa shape index (κ3) is 3.80. The second-order valence-electron chi connectivity index (χ2n) is 7.03. The highest BCUT2D eigenvalue weighted by atomic mass is 35.5. The third-order valence-corrected chi connectivity index (χ3v) is 6.46. The lowest BCUT2D eigenvalue weighted by molar-refractivity contribution is -0.114. The van der Waals surface area contributed by atoms with Gasteiger partial charge in [-0.3, -0.25) is 9.10 Å². The summed E-state index contributed by atoms with van der Waals surface area (Å²) in [6.45, 7) is -0.455. The SMILES string of the molecule is CS(=O)(=O)N(CC(=O)Nc1ccc2c3c(cccc13)CC2)c1ccc(F)c(Cl)c1. The summed E-state index contributed by atoms with van der Waals surface area (Å²) in [6, 6.07) is 13.3. The molecule has 0 aromatic heterocycles. The zero-order valence-electron chi connectivity index (χ0n) is 15.6. The molecule has 0 fully saturated rings. The molecule has 3 aromatic carbocycles. The predicted octanol–water partition coefficient (Wildman–Crippen LogP) is 4.14. The Labute approximate surface area is 173 Å². The first-order chi connectivity index (χ1) is 13.7. The van der Waals surface area contributed by atoms with Gasteiger partial charge in [0.05, 0.1) is 17.0 Å². The fourth-order valence-corrected chi connectivity index (χ4v) is 4.74. The molecule has 0 atom stereocenters. The van der Waals surface area contributed by atoms with Crippen LogP contribution in [0.1, 0.15) is 11.1 Å². The van der Waals surface area contributed by atoms with Crippen molar-refractivity contribution in [3.63, 3.8) is 0 Å². The lowest BCUT2D eigenvalue weighted by Crippen LogP contribution is -2.37. The highest BCUT2D eigenvalue weighted by molar-refractivity contribution is 7.92. The van der Waals surface area contributed by atoms with Crippen LogP contribution in [0.3, 0.4) is 0 Å². The number of benzene rings is 3. The maximum Gasteiger partial charge on any atom is 0.245 e. The van der Waals surface area contributed by atoms with Gasteiger partial charge in [0.15, 0.2) is 0 Å². The van der Waals surface area contributed by atoms with Crippen LogP contribution in [-0.2, 0) is 27.7 Å². The van der Waals surface area contributed by atoms with E-state index >= 15 is 0 Å². The number of nitrogens with one attached hydrogen (secondary N) is 1. The van der Waals surface area contributed by atoms with E-state index in [0.29, 0.717) is 5.69 Å². The first kappa shape index (κ1) is 19.7. The van der Waals surface area contributed by atoms with Gasteiger partial charge in [-0.2, -0.15) is 0 Å². The van der Waals surface area contributed by atoms with Crippen LogP contribution in [0, 0.1) is 5.82 Å². The first-order valence-electron chi connectivity index (χ1n) is 9.00. The van der Waals surface area contributed by atoms with E-state index in [1.807, 2.05) is 24.3 Å². The normalized spacial score (nSPS) is 12.9. The molecule has 0 aliphatic heterocycles. The molecule has 150 valence electrons. The number of hydrogen-bond donors (Lipinski definition) is 1. The number of carbonyl (C=O) groups is 1. The number of halogens is 2. The van der Waals surface area contributed by atoms with Crippen molar-refractivity contribution in [2.75, 3.05) is 22.4 Å². The van der Waals surface area contributed by atoms with Gasteiger partial charge in [0.1, 0.15) is 12.4 Å². The molecule has 3 aromatic rings. The van der Waals surface area contributed by atoms with Crippen LogP contribution in [0.2, 0.25) is 5.02 Å². The zero-order valence-corrected chi connectivity index (χ0v) is 17.1. The van der Waals surface area contributed by atoms with Gasteiger partial charge >= 0.3 is 0 Å². The highest BCUT2D eigenvalue weighted by Gasteiger charge is 2.23. The van der Waals surface area contributed by atoms with Crippen molar-refractivity contribution in [3.8, 4) is 0 Å². The summed E-state index contributed by atoms with van der Waals surface area (Å²) in [5.41, 5.74) is 3.23. The summed E-state index contributed by atoms with van der Waals surface area (Å²) in [6.07, 6.45) is 2.92. The first-order valence-corrected chi connectivity index (χ1v) is 11.2. The Morgan fingerprint density at radius 2 is 1.86 bits per heavy atom. The molecular formula is C21H18ClFN2O3S. The predicted molar refractivity (Wildman–Crippen MR) is 114 cm³/mol. The minimum absolute atomic E-state index is 0.120. The number of anilines is 2. The molecule has 0 bridgehead atoms. The number of sulfonamides is 1. The van der Waals surface area contributed by atoms with E-state index in [9.17, 15) is 17.6 Å². The van der Waals surface area contributed by atoms with Crippen molar-refractivity contribution in [1.82, 2.24) is 0 Å². The van der Waals surface area contributed by atoms with Crippen LogP contribution in [0.15, 0.2) is 48.5 Å². The number of amides is 1. The van der Waals surface area contributed by atoms with Crippen LogP contribution in [0.4, 0.5) is 15.8 Å². The molecule has 1 amide bonds. The van der Waals surface area contributed by atoms with Crippen molar-refractivity contribution in [2.45, 2.75) is 12.8 Å². The van der Waals surface area contributed by atoms with E-state index in [1.165, 1.54) is 23.3 Å². The van der Waals surface area contributed by atoms with Crippen molar-refractivity contribution < 1.29 is 17.6 Å². The lowest BCUT2D eigenvalue weighted by Gasteiger charge is -2.22. The quantitative estimate of drug-likeness (QED) is 0.659. The van der Waals surface area contributed by atoms with Crippen LogP contribution in [0.25, 0.3) is 10.8 Å². The Morgan fingerprint density at radius 1 is 1.14 bits per heavy atom. The standard InChI is InChI=1S/C21H18ClFN2O3S/c1-29(27,28)25(15-8-9-18(23)17(22)11-15)12-20(26)24-19-10-7-14-6-5-13-3-2-4-16(19)21(13)14/h2-4,7-11H,5-6,12H2,1H3,(H,24,26). The Hall–Kier alpha value is -2.64. The Balaban J connectivity index is 1.63. The van der Waals surface area contributed by atoms with Crippen LogP contribution in [-0.4, -0.2) is 27.1 Å². The molecule has 0 radical (unpaired) electrons. The molecule has 29 heavy (non-hydrogen) atoms. The van der Waals surface area contributed by atoms with Gasteiger partial charge in [0.25, 0.3) is 0 Å². The largest absolute Gasteiger partial charge is 0.324 e. The fourth-order valence-electron chi connectivity index (χ4n) is 3.72. The molecule has 0 unspecified atom stereocenters. The lowest BCUT2D eigenvalue weighted by atomic mass is 10.0. The second-order valence-corrected chi connectivity index (χ2v) is 9.34. The molecule has 1 aliphatic rings. The number of hydrogen-bond acceptors (Lipinski definition) is 3. The number of nitrogens with zero attached hydrogens (tertiary/aromatic N) is 1. The number of rotatable bonds is 5. The molecule has 5 nitrogen and oxygen atoms in total. The Kier molecular flexibility index (Phi) is 4.96. The molecule has 0 saturated heterocycles. The summed E-state index contributed by atoms with van der Waals surface area (Å²) in [7, 11) is -3.79. The summed E-state index contributed by atoms with van der Waals surface area (Å²) in [5.74, 6) is -1.17. The summed E-state index contributed by atoms with van der Waals surface area (Å²) < 4.78 is 38.8. The summed E-state index contributed by atoms with van der Waals surface area (Å²) in [4.78, 5) is 12.7. The van der Waals surface area contributed by atoms with Gasteiger partial charge in [-0.25, -0.2) is 12.8 Å². The Morgan fingerprint density at radius 3 is 2.55 bits per heavy atom. The van der Waals surface area contributed by atoms with E-state index in [2.05, 4.69) is 11.4 Å². The summed E-state index contributed by atoms with van der Waals surface area (Å²) in [5, 5.41) is 4.68. The summed E-state index contributed by atoms with van der Waals surface area (Å²) >= 11 is 5.78. The van der Waals surface area contributed by atoms with Gasteiger partial charge < -0.3 is 5.32 Å².